The molecule has 2 aliphatic heterocycles. The first-order valence-corrected chi connectivity index (χ1v) is 17.2. The lowest BCUT2D eigenvalue weighted by Crippen LogP contribution is -2.30. The van der Waals surface area contributed by atoms with E-state index in [9.17, 15) is 10.2 Å². The summed E-state index contributed by atoms with van der Waals surface area (Å²) in [6.45, 7) is 17.3. The van der Waals surface area contributed by atoms with Crippen molar-refractivity contribution in [3.8, 4) is 11.5 Å². The number of piperidine rings is 2. The van der Waals surface area contributed by atoms with Crippen LogP contribution in [0, 0.1) is 0 Å². The fourth-order valence-corrected chi connectivity index (χ4v) is 6.89. The van der Waals surface area contributed by atoms with Crippen molar-refractivity contribution in [2.75, 3.05) is 36.0 Å². The minimum Gasteiger partial charge on any atom is -0.505 e. The number of phenolic OH excluding ortho intramolecular Hbond substituents is 2. The summed E-state index contributed by atoms with van der Waals surface area (Å²) < 4.78 is 0. The zero-order valence-electron chi connectivity index (χ0n) is 28.2. The Morgan fingerprint density at radius 1 is 0.568 bits per heavy atom. The molecule has 5 rings (SSSR count). The van der Waals surface area contributed by atoms with E-state index in [1.54, 1.807) is 0 Å². The van der Waals surface area contributed by atoms with E-state index < -0.39 is 0 Å². The molecular formula is C38H56N4O2. The van der Waals surface area contributed by atoms with Gasteiger partial charge in [-0.3, -0.25) is 9.98 Å². The Hall–Kier alpha value is -3.02. The van der Waals surface area contributed by atoms with Gasteiger partial charge in [-0.2, -0.15) is 0 Å². The third kappa shape index (κ3) is 7.61. The summed E-state index contributed by atoms with van der Waals surface area (Å²) in [4.78, 5) is 14.9. The molecule has 0 unspecified atom stereocenters. The SMILES string of the molecule is CC(C)(C)c1cc(C=N[C@@H]2CCCC[C@H]2N=Cc2cc(C(C)(C)C)cc(N3CCCCC3)c2O)c(O)c(N2CCCCC2)c1. The largest absolute Gasteiger partial charge is 0.505 e. The van der Waals surface area contributed by atoms with Crippen molar-refractivity contribution >= 4 is 23.8 Å². The first kappa shape index (κ1) is 32.4. The second-order valence-corrected chi connectivity index (χ2v) is 15.4. The summed E-state index contributed by atoms with van der Waals surface area (Å²) in [5, 5.41) is 22.9. The molecular weight excluding hydrogens is 544 g/mol. The molecule has 2 aromatic carbocycles. The quantitative estimate of drug-likeness (QED) is 0.326. The van der Waals surface area contributed by atoms with Crippen molar-refractivity contribution < 1.29 is 10.2 Å². The third-order valence-electron chi connectivity index (χ3n) is 9.87. The average molecular weight is 601 g/mol. The summed E-state index contributed by atoms with van der Waals surface area (Å²) in [6.07, 6.45) is 15.2. The van der Waals surface area contributed by atoms with Crippen molar-refractivity contribution in [3.05, 3.63) is 46.5 Å². The van der Waals surface area contributed by atoms with Crippen LogP contribution < -0.4 is 9.80 Å². The Balaban J connectivity index is 1.43. The predicted molar refractivity (Wildman–Crippen MR) is 187 cm³/mol. The molecule has 0 bridgehead atoms. The molecule has 0 aromatic heterocycles. The molecule has 3 aliphatic rings. The maximum Gasteiger partial charge on any atom is 0.147 e. The van der Waals surface area contributed by atoms with Crippen LogP contribution in [0.2, 0.25) is 0 Å². The number of anilines is 2. The van der Waals surface area contributed by atoms with Crippen molar-refractivity contribution in [1.29, 1.82) is 0 Å². The number of rotatable bonds is 6. The van der Waals surface area contributed by atoms with E-state index in [2.05, 4.69) is 75.6 Å². The first-order chi connectivity index (χ1) is 20.9. The molecule has 1 saturated carbocycles. The minimum atomic E-state index is -0.0326. The van der Waals surface area contributed by atoms with Gasteiger partial charge < -0.3 is 20.0 Å². The normalized spacial score (nSPS) is 22.3. The highest BCUT2D eigenvalue weighted by atomic mass is 16.3. The summed E-state index contributed by atoms with van der Waals surface area (Å²) in [6, 6.07) is 8.69. The van der Waals surface area contributed by atoms with E-state index in [0.29, 0.717) is 11.5 Å². The Labute approximate surface area is 266 Å². The molecule has 2 atom stereocenters. The molecule has 3 fully saturated rings. The lowest BCUT2D eigenvalue weighted by molar-refractivity contribution is 0.390. The van der Waals surface area contributed by atoms with Gasteiger partial charge in [-0.05, 0) is 97.6 Å². The van der Waals surface area contributed by atoms with Gasteiger partial charge in [0.05, 0.1) is 23.5 Å². The molecule has 6 heteroatoms. The van der Waals surface area contributed by atoms with Gasteiger partial charge in [0.2, 0.25) is 0 Å². The van der Waals surface area contributed by atoms with E-state index >= 15 is 0 Å². The number of aliphatic imine (C=N–C) groups is 2. The molecule has 6 nitrogen and oxygen atoms in total. The number of hydrogen-bond acceptors (Lipinski definition) is 6. The van der Waals surface area contributed by atoms with E-state index in [1.165, 1.54) is 24.0 Å². The van der Waals surface area contributed by atoms with E-state index in [0.717, 1.165) is 100 Å². The van der Waals surface area contributed by atoms with Crippen molar-refractivity contribution in [1.82, 2.24) is 0 Å². The van der Waals surface area contributed by atoms with Gasteiger partial charge in [0.1, 0.15) is 11.5 Å². The van der Waals surface area contributed by atoms with Crippen LogP contribution in [0.15, 0.2) is 34.3 Å². The molecule has 1 aliphatic carbocycles. The van der Waals surface area contributed by atoms with Crippen molar-refractivity contribution in [2.24, 2.45) is 9.98 Å². The molecule has 240 valence electrons. The minimum absolute atomic E-state index is 0.0326. The standard InChI is InChI=1S/C38H56N4O2/c1-37(2,3)29-21-27(35(43)33(23-29)41-17-11-7-12-18-41)25-39-31-15-9-10-16-32(31)40-26-28-22-30(38(4,5)6)24-34(36(28)44)42-19-13-8-14-20-42/h21-26,31-32,43-44H,7-20H2,1-6H3/t31-,32-/m1/s1. The van der Waals surface area contributed by atoms with Gasteiger partial charge in [0.15, 0.2) is 0 Å². The van der Waals surface area contributed by atoms with Gasteiger partial charge in [-0.1, -0.05) is 54.4 Å². The third-order valence-corrected chi connectivity index (χ3v) is 9.87. The summed E-state index contributed by atoms with van der Waals surface area (Å²) in [5.41, 5.74) is 5.85. The maximum absolute atomic E-state index is 11.4. The maximum atomic E-state index is 11.4. The topological polar surface area (TPSA) is 71.7 Å². The second-order valence-electron chi connectivity index (χ2n) is 15.4. The van der Waals surface area contributed by atoms with Crippen LogP contribution in [0.1, 0.15) is 128 Å². The fourth-order valence-electron chi connectivity index (χ4n) is 6.89. The van der Waals surface area contributed by atoms with Crippen molar-refractivity contribution in [3.63, 3.8) is 0 Å². The molecule has 0 spiro atoms. The van der Waals surface area contributed by atoms with Crippen LogP contribution in [0.5, 0.6) is 11.5 Å². The number of aromatic hydroxyl groups is 2. The molecule has 2 N–H and O–H groups in total. The fraction of sp³-hybridized carbons (Fsp3) is 0.632. The Bertz CT molecular complexity index is 1230. The smallest absolute Gasteiger partial charge is 0.147 e. The van der Waals surface area contributed by atoms with Gasteiger partial charge in [0, 0.05) is 49.7 Å². The highest BCUT2D eigenvalue weighted by Crippen LogP contribution is 2.39. The molecule has 2 heterocycles. The zero-order chi connectivity index (χ0) is 31.5. The molecule has 44 heavy (non-hydrogen) atoms. The van der Waals surface area contributed by atoms with Crippen LogP contribution in [-0.4, -0.2) is 60.9 Å². The first-order valence-electron chi connectivity index (χ1n) is 17.2. The van der Waals surface area contributed by atoms with Crippen LogP contribution in [-0.2, 0) is 10.8 Å². The summed E-state index contributed by atoms with van der Waals surface area (Å²) >= 11 is 0. The average Bonchev–Trinajstić information content (AvgIpc) is 3.00. The van der Waals surface area contributed by atoms with Gasteiger partial charge in [-0.15, -0.1) is 0 Å². The Morgan fingerprint density at radius 2 is 0.932 bits per heavy atom. The van der Waals surface area contributed by atoms with Gasteiger partial charge in [-0.25, -0.2) is 0 Å². The van der Waals surface area contributed by atoms with Crippen molar-refractivity contribution in [2.45, 2.75) is 129 Å². The van der Waals surface area contributed by atoms with E-state index in [-0.39, 0.29) is 22.9 Å². The summed E-state index contributed by atoms with van der Waals surface area (Å²) in [7, 11) is 0. The molecule has 0 radical (unpaired) electrons. The molecule has 2 aromatic rings. The van der Waals surface area contributed by atoms with E-state index in [1.807, 2.05) is 12.4 Å². The van der Waals surface area contributed by atoms with Gasteiger partial charge >= 0.3 is 0 Å². The number of benzene rings is 2. The molecule has 0 amide bonds. The van der Waals surface area contributed by atoms with E-state index in [4.69, 9.17) is 9.98 Å². The van der Waals surface area contributed by atoms with Crippen LogP contribution >= 0.6 is 0 Å². The highest BCUT2D eigenvalue weighted by Gasteiger charge is 2.27. The van der Waals surface area contributed by atoms with Crippen LogP contribution in [0.25, 0.3) is 0 Å². The Morgan fingerprint density at radius 3 is 1.27 bits per heavy atom. The number of nitrogens with zero attached hydrogens (tertiary/aromatic N) is 4. The van der Waals surface area contributed by atoms with Crippen LogP contribution in [0.3, 0.4) is 0 Å². The lowest BCUT2D eigenvalue weighted by Gasteiger charge is -2.32. The number of hydrogen-bond donors (Lipinski definition) is 2. The predicted octanol–water partition coefficient (Wildman–Crippen LogP) is 8.52. The number of phenols is 2. The Kier molecular flexibility index (Phi) is 9.96. The lowest BCUT2D eigenvalue weighted by atomic mass is 9.85. The monoisotopic (exact) mass is 600 g/mol. The van der Waals surface area contributed by atoms with Gasteiger partial charge in [0.25, 0.3) is 0 Å². The highest BCUT2D eigenvalue weighted by molar-refractivity contribution is 5.89. The second kappa shape index (κ2) is 13.5. The zero-order valence-corrected chi connectivity index (χ0v) is 28.2. The van der Waals surface area contributed by atoms with Crippen LogP contribution in [0.4, 0.5) is 11.4 Å². The summed E-state index contributed by atoms with van der Waals surface area (Å²) in [5.74, 6) is 0.683. The molecule has 2 saturated heterocycles.